The summed E-state index contributed by atoms with van der Waals surface area (Å²) in [5.41, 5.74) is 0.704. The molecule has 1 rings (SSSR count). The Hall–Kier alpha value is -2.15. The summed E-state index contributed by atoms with van der Waals surface area (Å²) in [7, 11) is 0. The maximum atomic E-state index is 12.8. The normalized spacial score (nSPS) is 11.0. The molecule has 0 spiro atoms. The van der Waals surface area contributed by atoms with Gasteiger partial charge in [0.05, 0.1) is 10.7 Å². The fourth-order valence-electron chi connectivity index (χ4n) is 1.28. The van der Waals surface area contributed by atoms with E-state index >= 15 is 0 Å². The average molecular weight is 310 g/mol. The number of nitrogens with one attached hydrogen (secondary N) is 2. The van der Waals surface area contributed by atoms with Gasteiger partial charge in [0.25, 0.3) is 0 Å². The Labute approximate surface area is 125 Å². The highest BCUT2D eigenvalue weighted by atomic mass is 32.2. The standard InChI is InChI=1S/C14H15FN2O3S/c1-9(16)12(18)6-13(17-7-14(19)20)21-8-10-2-4-11(15)5-3-10/h2-6,16-17H,7-8H2,1H3,(H,19,20)/b13-6+,16-9?. The van der Waals surface area contributed by atoms with Crippen LogP contribution < -0.4 is 5.32 Å². The van der Waals surface area contributed by atoms with E-state index in [1.807, 2.05) is 0 Å². The van der Waals surface area contributed by atoms with Crippen molar-refractivity contribution < 1.29 is 19.1 Å². The SMILES string of the molecule is CC(=N)C(=O)/C=C(\NCC(=O)O)SCc1ccc(F)cc1. The molecule has 0 heterocycles. The van der Waals surface area contributed by atoms with Crippen molar-refractivity contribution in [3.8, 4) is 0 Å². The highest BCUT2D eigenvalue weighted by molar-refractivity contribution is 8.02. The van der Waals surface area contributed by atoms with Crippen molar-refractivity contribution in [1.29, 1.82) is 5.41 Å². The van der Waals surface area contributed by atoms with Gasteiger partial charge in [0.1, 0.15) is 12.4 Å². The van der Waals surface area contributed by atoms with Crippen LogP contribution >= 0.6 is 11.8 Å². The van der Waals surface area contributed by atoms with Gasteiger partial charge >= 0.3 is 5.97 Å². The molecule has 1 aromatic carbocycles. The van der Waals surface area contributed by atoms with Crippen LogP contribution in [0.25, 0.3) is 0 Å². The highest BCUT2D eigenvalue weighted by Crippen LogP contribution is 2.19. The first-order valence-corrected chi connectivity index (χ1v) is 7.01. The maximum absolute atomic E-state index is 12.8. The lowest BCUT2D eigenvalue weighted by atomic mass is 10.2. The van der Waals surface area contributed by atoms with E-state index in [1.54, 1.807) is 12.1 Å². The van der Waals surface area contributed by atoms with Crippen molar-refractivity contribution in [3.05, 3.63) is 46.8 Å². The van der Waals surface area contributed by atoms with Crippen LogP contribution in [0.15, 0.2) is 35.4 Å². The predicted molar refractivity (Wildman–Crippen MR) is 79.8 cm³/mol. The van der Waals surface area contributed by atoms with Crippen LogP contribution in [-0.4, -0.2) is 29.1 Å². The minimum atomic E-state index is -1.05. The van der Waals surface area contributed by atoms with E-state index in [-0.39, 0.29) is 18.1 Å². The Balaban J connectivity index is 2.72. The number of aliphatic carboxylic acids is 1. The summed E-state index contributed by atoms with van der Waals surface area (Å²) in [6, 6.07) is 5.88. The molecule has 0 unspecified atom stereocenters. The number of carboxylic acid groups (broad SMARTS) is 1. The average Bonchev–Trinajstić information content (AvgIpc) is 2.43. The minimum absolute atomic E-state index is 0.132. The van der Waals surface area contributed by atoms with Crippen molar-refractivity contribution >= 4 is 29.2 Å². The van der Waals surface area contributed by atoms with Crippen molar-refractivity contribution in [2.24, 2.45) is 0 Å². The van der Waals surface area contributed by atoms with E-state index in [0.29, 0.717) is 10.8 Å². The van der Waals surface area contributed by atoms with Crippen LogP contribution in [0.5, 0.6) is 0 Å². The summed E-state index contributed by atoms with van der Waals surface area (Å²) in [4.78, 5) is 22.1. The Bertz CT molecular complexity index is 570. The van der Waals surface area contributed by atoms with Crippen LogP contribution in [0.1, 0.15) is 12.5 Å². The Kier molecular flexibility index (Phi) is 6.61. The number of thioether (sulfide) groups is 1. The van der Waals surface area contributed by atoms with Gasteiger partial charge in [-0.25, -0.2) is 4.39 Å². The minimum Gasteiger partial charge on any atom is -0.480 e. The zero-order chi connectivity index (χ0) is 15.8. The predicted octanol–water partition coefficient (Wildman–Crippen LogP) is 2.18. The van der Waals surface area contributed by atoms with Gasteiger partial charge in [-0.15, -0.1) is 11.8 Å². The zero-order valence-corrected chi connectivity index (χ0v) is 12.2. The third-order valence-corrected chi connectivity index (χ3v) is 3.40. The van der Waals surface area contributed by atoms with Crippen LogP contribution in [0.4, 0.5) is 4.39 Å². The summed E-state index contributed by atoms with van der Waals surface area (Å²) < 4.78 is 12.8. The molecular formula is C14H15FN2O3S. The molecule has 112 valence electrons. The largest absolute Gasteiger partial charge is 0.480 e. The van der Waals surface area contributed by atoms with Gasteiger partial charge in [0, 0.05) is 11.8 Å². The molecule has 3 N–H and O–H groups in total. The first-order chi connectivity index (χ1) is 9.88. The lowest BCUT2D eigenvalue weighted by molar-refractivity contribution is -0.135. The van der Waals surface area contributed by atoms with Gasteiger partial charge in [-0.1, -0.05) is 12.1 Å². The molecule has 0 atom stereocenters. The van der Waals surface area contributed by atoms with Gasteiger partial charge in [0.15, 0.2) is 0 Å². The van der Waals surface area contributed by atoms with Gasteiger partial charge in [-0.05, 0) is 24.6 Å². The number of benzene rings is 1. The van der Waals surface area contributed by atoms with Gasteiger partial charge < -0.3 is 15.8 Å². The fourth-order valence-corrected chi connectivity index (χ4v) is 2.15. The summed E-state index contributed by atoms with van der Waals surface area (Å²) in [6.45, 7) is 1.03. The molecule has 0 aliphatic carbocycles. The smallest absolute Gasteiger partial charge is 0.322 e. The summed E-state index contributed by atoms with van der Waals surface area (Å²) in [5.74, 6) is -1.43. The highest BCUT2D eigenvalue weighted by Gasteiger charge is 2.07. The van der Waals surface area contributed by atoms with E-state index in [2.05, 4.69) is 5.32 Å². The number of carboxylic acids is 1. The second kappa shape index (κ2) is 8.21. The molecule has 0 aliphatic heterocycles. The number of carbonyl (C=O) groups excluding carboxylic acids is 1. The molecule has 0 radical (unpaired) electrons. The number of allylic oxidation sites excluding steroid dienone is 1. The quantitative estimate of drug-likeness (QED) is 0.506. The van der Waals surface area contributed by atoms with E-state index < -0.39 is 11.8 Å². The first-order valence-electron chi connectivity index (χ1n) is 6.02. The van der Waals surface area contributed by atoms with Gasteiger partial charge in [-0.2, -0.15) is 0 Å². The lowest BCUT2D eigenvalue weighted by Gasteiger charge is -2.08. The number of hydrogen-bond donors (Lipinski definition) is 3. The molecule has 21 heavy (non-hydrogen) atoms. The molecule has 0 aliphatic rings. The first kappa shape index (κ1) is 16.9. The Morgan fingerprint density at radius 1 is 1.38 bits per heavy atom. The Morgan fingerprint density at radius 2 is 2.00 bits per heavy atom. The molecule has 1 aromatic rings. The lowest BCUT2D eigenvalue weighted by Crippen LogP contribution is -2.22. The van der Waals surface area contributed by atoms with Crippen molar-refractivity contribution in [3.63, 3.8) is 0 Å². The topological polar surface area (TPSA) is 90.3 Å². The van der Waals surface area contributed by atoms with E-state index in [4.69, 9.17) is 10.5 Å². The monoisotopic (exact) mass is 310 g/mol. The molecule has 0 saturated heterocycles. The number of carbonyl (C=O) groups is 2. The van der Waals surface area contributed by atoms with Crippen LogP contribution in [0.3, 0.4) is 0 Å². The van der Waals surface area contributed by atoms with Crippen LogP contribution in [0.2, 0.25) is 0 Å². The number of rotatable bonds is 8. The van der Waals surface area contributed by atoms with E-state index in [0.717, 1.165) is 5.56 Å². The number of halogens is 1. The van der Waals surface area contributed by atoms with Crippen LogP contribution in [-0.2, 0) is 15.3 Å². The van der Waals surface area contributed by atoms with Gasteiger partial charge in [-0.3, -0.25) is 9.59 Å². The van der Waals surface area contributed by atoms with E-state index in [1.165, 1.54) is 36.9 Å². The molecule has 0 saturated carbocycles. The zero-order valence-electron chi connectivity index (χ0n) is 11.4. The van der Waals surface area contributed by atoms with E-state index in [9.17, 15) is 14.0 Å². The molecule has 5 nitrogen and oxygen atoms in total. The second-order valence-corrected chi connectivity index (χ2v) is 5.18. The number of ketones is 1. The van der Waals surface area contributed by atoms with Gasteiger partial charge in [0.2, 0.25) is 5.78 Å². The van der Waals surface area contributed by atoms with Crippen molar-refractivity contribution in [1.82, 2.24) is 5.32 Å². The molecule has 7 heteroatoms. The molecule has 0 fully saturated rings. The summed E-state index contributed by atoms with van der Waals surface area (Å²) in [6.07, 6.45) is 1.19. The number of hydrogen-bond acceptors (Lipinski definition) is 5. The van der Waals surface area contributed by atoms with Crippen molar-refractivity contribution in [2.75, 3.05) is 6.54 Å². The fraction of sp³-hybridized carbons (Fsp3) is 0.214. The third-order valence-electron chi connectivity index (χ3n) is 2.35. The molecular weight excluding hydrogens is 295 g/mol. The summed E-state index contributed by atoms with van der Waals surface area (Å²) >= 11 is 1.21. The van der Waals surface area contributed by atoms with Crippen molar-refractivity contribution in [2.45, 2.75) is 12.7 Å². The summed E-state index contributed by atoms with van der Waals surface area (Å²) in [5, 5.41) is 18.9. The molecule has 0 aromatic heterocycles. The Morgan fingerprint density at radius 3 is 2.52 bits per heavy atom. The molecule has 0 amide bonds. The third kappa shape index (κ3) is 6.71. The second-order valence-electron chi connectivity index (χ2n) is 4.16. The molecule has 0 bridgehead atoms. The maximum Gasteiger partial charge on any atom is 0.322 e. The van der Waals surface area contributed by atoms with Crippen LogP contribution in [0, 0.1) is 11.2 Å².